The summed E-state index contributed by atoms with van der Waals surface area (Å²) in [6.45, 7) is 10.7. The molecule has 0 amide bonds. The number of aldehydes is 1. The molecule has 88 valence electrons. The first-order valence-corrected chi connectivity index (χ1v) is 5.90. The summed E-state index contributed by atoms with van der Waals surface area (Å²) in [5, 5.41) is 0. The highest BCUT2D eigenvalue weighted by atomic mass is 16.1. The average molecular weight is 218 g/mol. The molecule has 16 heavy (non-hydrogen) atoms. The SMILES string of the molecule is Cc1ccc(C(C)(C)C)cc1CC(C)C=O. The van der Waals surface area contributed by atoms with Gasteiger partial charge < -0.3 is 4.79 Å². The minimum Gasteiger partial charge on any atom is -0.303 e. The van der Waals surface area contributed by atoms with Crippen molar-refractivity contribution >= 4 is 6.29 Å². The van der Waals surface area contributed by atoms with Crippen LogP contribution in [0.3, 0.4) is 0 Å². The second-order valence-electron chi connectivity index (χ2n) is 5.71. The van der Waals surface area contributed by atoms with Crippen molar-refractivity contribution in [2.75, 3.05) is 0 Å². The van der Waals surface area contributed by atoms with Gasteiger partial charge in [-0.2, -0.15) is 0 Å². The molecular weight excluding hydrogens is 196 g/mol. The fourth-order valence-corrected chi connectivity index (χ4v) is 1.75. The van der Waals surface area contributed by atoms with Crippen molar-refractivity contribution in [1.29, 1.82) is 0 Å². The maximum Gasteiger partial charge on any atom is 0.123 e. The van der Waals surface area contributed by atoms with E-state index in [-0.39, 0.29) is 11.3 Å². The average Bonchev–Trinajstić information content (AvgIpc) is 2.19. The third-order valence-electron chi connectivity index (χ3n) is 2.99. The summed E-state index contributed by atoms with van der Waals surface area (Å²) >= 11 is 0. The summed E-state index contributed by atoms with van der Waals surface area (Å²) in [7, 11) is 0. The molecule has 0 saturated carbocycles. The van der Waals surface area contributed by atoms with Crippen molar-refractivity contribution in [3.05, 3.63) is 34.9 Å². The van der Waals surface area contributed by atoms with Crippen molar-refractivity contribution < 1.29 is 4.79 Å². The van der Waals surface area contributed by atoms with Crippen LogP contribution in [-0.2, 0) is 16.6 Å². The van der Waals surface area contributed by atoms with Crippen molar-refractivity contribution in [2.45, 2.75) is 46.5 Å². The molecule has 1 aromatic carbocycles. The lowest BCUT2D eigenvalue weighted by molar-refractivity contribution is -0.110. The van der Waals surface area contributed by atoms with Crippen LogP contribution in [-0.4, -0.2) is 6.29 Å². The van der Waals surface area contributed by atoms with Crippen molar-refractivity contribution in [1.82, 2.24) is 0 Å². The van der Waals surface area contributed by atoms with E-state index >= 15 is 0 Å². The monoisotopic (exact) mass is 218 g/mol. The Morgan fingerprint density at radius 3 is 2.44 bits per heavy atom. The lowest BCUT2D eigenvalue weighted by atomic mass is 9.84. The van der Waals surface area contributed by atoms with Crippen LogP contribution in [0.15, 0.2) is 18.2 Å². The lowest BCUT2D eigenvalue weighted by Crippen LogP contribution is -2.12. The summed E-state index contributed by atoms with van der Waals surface area (Å²) in [5.74, 6) is 0.105. The number of carbonyl (C=O) groups excluding carboxylic acids is 1. The molecule has 0 aliphatic heterocycles. The minimum atomic E-state index is 0.105. The standard InChI is InChI=1S/C15H22O/c1-11(10-16)8-13-9-14(15(3,4)5)7-6-12(13)2/h6-7,9-11H,8H2,1-5H3. The Hall–Kier alpha value is -1.11. The lowest BCUT2D eigenvalue weighted by Gasteiger charge is -2.21. The van der Waals surface area contributed by atoms with Gasteiger partial charge in [0, 0.05) is 5.92 Å². The zero-order chi connectivity index (χ0) is 12.3. The van der Waals surface area contributed by atoms with Crippen LogP contribution in [0.25, 0.3) is 0 Å². The van der Waals surface area contributed by atoms with E-state index < -0.39 is 0 Å². The summed E-state index contributed by atoms with van der Waals surface area (Å²) in [5.41, 5.74) is 4.09. The van der Waals surface area contributed by atoms with Crippen LogP contribution >= 0.6 is 0 Å². The Morgan fingerprint density at radius 1 is 1.31 bits per heavy atom. The minimum absolute atomic E-state index is 0.105. The number of hydrogen-bond donors (Lipinski definition) is 0. The number of benzene rings is 1. The molecule has 1 nitrogen and oxygen atoms in total. The molecule has 0 aliphatic rings. The van der Waals surface area contributed by atoms with Crippen molar-refractivity contribution in [3.63, 3.8) is 0 Å². The molecule has 1 atom stereocenters. The van der Waals surface area contributed by atoms with Crippen LogP contribution in [0.4, 0.5) is 0 Å². The topological polar surface area (TPSA) is 17.1 Å². The van der Waals surface area contributed by atoms with Gasteiger partial charge in [0.25, 0.3) is 0 Å². The van der Waals surface area contributed by atoms with E-state index in [2.05, 4.69) is 45.9 Å². The van der Waals surface area contributed by atoms with E-state index in [0.29, 0.717) is 0 Å². The predicted molar refractivity (Wildman–Crippen MR) is 68.8 cm³/mol. The van der Waals surface area contributed by atoms with Crippen LogP contribution in [0.5, 0.6) is 0 Å². The number of hydrogen-bond acceptors (Lipinski definition) is 1. The van der Waals surface area contributed by atoms with Crippen LogP contribution < -0.4 is 0 Å². The van der Waals surface area contributed by atoms with E-state index in [1.54, 1.807) is 0 Å². The molecule has 0 bridgehead atoms. The van der Waals surface area contributed by atoms with Gasteiger partial charge >= 0.3 is 0 Å². The molecular formula is C15H22O. The van der Waals surface area contributed by atoms with Gasteiger partial charge in [0.05, 0.1) is 0 Å². The zero-order valence-electron chi connectivity index (χ0n) is 11.0. The summed E-state index contributed by atoms with van der Waals surface area (Å²) in [6.07, 6.45) is 1.88. The van der Waals surface area contributed by atoms with E-state index in [0.717, 1.165) is 12.7 Å². The summed E-state index contributed by atoms with van der Waals surface area (Å²) in [6, 6.07) is 6.59. The highest BCUT2D eigenvalue weighted by molar-refractivity contribution is 5.54. The van der Waals surface area contributed by atoms with Crippen LogP contribution in [0, 0.1) is 12.8 Å². The second-order valence-corrected chi connectivity index (χ2v) is 5.71. The first-order chi connectivity index (χ1) is 7.34. The summed E-state index contributed by atoms with van der Waals surface area (Å²) < 4.78 is 0. The largest absolute Gasteiger partial charge is 0.303 e. The molecule has 0 heterocycles. The van der Waals surface area contributed by atoms with Gasteiger partial charge in [-0.15, -0.1) is 0 Å². The third kappa shape index (κ3) is 3.19. The smallest absolute Gasteiger partial charge is 0.123 e. The molecule has 0 N–H and O–H groups in total. The maximum atomic E-state index is 10.7. The van der Waals surface area contributed by atoms with Gasteiger partial charge in [0.1, 0.15) is 6.29 Å². The molecule has 0 saturated heterocycles. The Labute approximate surface area is 98.9 Å². The molecule has 1 heteroatoms. The zero-order valence-corrected chi connectivity index (χ0v) is 11.0. The van der Waals surface area contributed by atoms with Crippen LogP contribution in [0.2, 0.25) is 0 Å². The third-order valence-corrected chi connectivity index (χ3v) is 2.99. The van der Waals surface area contributed by atoms with Gasteiger partial charge in [-0.1, -0.05) is 45.9 Å². The number of rotatable bonds is 3. The fourth-order valence-electron chi connectivity index (χ4n) is 1.75. The van der Waals surface area contributed by atoms with Crippen molar-refractivity contribution in [3.8, 4) is 0 Å². The van der Waals surface area contributed by atoms with Gasteiger partial charge in [-0.05, 0) is 35.4 Å². The van der Waals surface area contributed by atoms with Gasteiger partial charge in [0.15, 0.2) is 0 Å². The van der Waals surface area contributed by atoms with E-state index in [9.17, 15) is 4.79 Å². The fraction of sp³-hybridized carbons (Fsp3) is 0.533. The first-order valence-electron chi connectivity index (χ1n) is 5.90. The summed E-state index contributed by atoms with van der Waals surface area (Å²) in [4.78, 5) is 10.7. The molecule has 1 rings (SSSR count). The normalized spacial score (nSPS) is 13.6. The molecule has 0 aromatic heterocycles. The molecule has 0 aliphatic carbocycles. The highest BCUT2D eigenvalue weighted by Gasteiger charge is 2.15. The Kier molecular flexibility index (Phi) is 3.90. The number of carbonyl (C=O) groups is 1. The Morgan fingerprint density at radius 2 is 1.94 bits per heavy atom. The Bertz CT molecular complexity index is 372. The van der Waals surface area contributed by atoms with Crippen LogP contribution in [0.1, 0.15) is 44.4 Å². The molecule has 0 fully saturated rings. The molecule has 0 radical (unpaired) electrons. The molecule has 0 spiro atoms. The predicted octanol–water partition coefficient (Wildman–Crippen LogP) is 3.67. The second kappa shape index (κ2) is 4.82. The van der Waals surface area contributed by atoms with Gasteiger partial charge in [-0.25, -0.2) is 0 Å². The Balaban J connectivity index is 3.04. The first kappa shape index (κ1) is 13.0. The quantitative estimate of drug-likeness (QED) is 0.707. The highest BCUT2D eigenvalue weighted by Crippen LogP contribution is 2.25. The van der Waals surface area contributed by atoms with Gasteiger partial charge in [0.2, 0.25) is 0 Å². The molecule has 1 unspecified atom stereocenters. The van der Waals surface area contributed by atoms with E-state index in [1.165, 1.54) is 16.7 Å². The molecule has 1 aromatic rings. The van der Waals surface area contributed by atoms with Crippen molar-refractivity contribution in [2.24, 2.45) is 5.92 Å². The maximum absolute atomic E-state index is 10.7. The number of aryl methyl sites for hydroxylation is 1. The van der Waals surface area contributed by atoms with Gasteiger partial charge in [-0.3, -0.25) is 0 Å². The van der Waals surface area contributed by atoms with E-state index in [4.69, 9.17) is 0 Å². The van der Waals surface area contributed by atoms with E-state index in [1.807, 2.05) is 6.92 Å².